The van der Waals surface area contributed by atoms with Crippen LogP contribution in [0.25, 0.3) is 0 Å². The first kappa shape index (κ1) is 13.0. The minimum Gasteiger partial charge on any atom is -0.491 e. The van der Waals surface area contributed by atoms with Gasteiger partial charge in [0, 0.05) is 5.56 Å². The molecule has 1 N–H and O–H groups in total. The average molecular weight is 263 g/mol. The van der Waals surface area contributed by atoms with Crippen LogP contribution in [-0.2, 0) is 0 Å². The average Bonchev–Trinajstić information content (AvgIpc) is 2.85. The predicted octanol–water partition coefficient (Wildman–Crippen LogP) is 2.63. The first-order valence-corrected chi connectivity index (χ1v) is 6.65. The van der Waals surface area contributed by atoms with E-state index in [1.807, 2.05) is 39.1 Å². The van der Waals surface area contributed by atoms with Crippen LogP contribution in [-0.4, -0.2) is 21.9 Å². The molecule has 1 aromatic carbocycles. The van der Waals surface area contributed by atoms with E-state index in [2.05, 4.69) is 20.1 Å². The zero-order chi connectivity index (χ0) is 13.0. The quantitative estimate of drug-likeness (QED) is 0.901. The first-order chi connectivity index (χ1) is 8.72. The zero-order valence-electron chi connectivity index (χ0n) is 10.8. The highest BCUT2D eigenvalue weighted by atomic mass is 32.1. The van der Waals surface area contributed by atoms with Gasteiger partial charge in [-0.1, -0.05) is 18.2 Å². The molecule has 4 nitrogen and oxygen atoms in total. The Morgan fingerprint density at radius 3 is 2.67 bits per heavy atom. The van der Waals surface area contributed by atoms with E-state index in [9.17, 15) is 0 Å². The summed E-state index contributed by atoms with van der Waals surface area (Å²) >= 11 is 1.22. The third-order valence-electron chi connectivity index (χ3n) is 2.56. The standard InChI is InChI=1S/C13H17N3OS/c1-9(2)17-12-7-5-4-6-10(12)13(14-3)11-8-15-18-16-11/h4-9,13-14H,1-3H3. The molecule has 0 saturated heterocycles. The van der Waals surface area contributed by atoms with Crippen molar-refractivity contribution in [2.24, 2.45) is 0 Å². The van der Waals surface area contributed by atoms with E-state index >= 15 is 0 Å². The van der Waals surface area contributed by atoms with E-state index in [-0.39, 0.29) is 12.1 Å². The van der Waals surface area contributed by atoms with Crippen LogP contribution in [0.5, 0.6) is 5.75 Å². The van der Waals surface area contributed by atoms with E-state index < -0.39 is 0 Å². The van der Waals surface area contributed by atoms with Crippen LogP contribution in [0.4, 0.5) is 0 Å². The fourth-order valence-corrected chi connectivity index (χ4v) is 2.29. The summed E-state index contributed by atoms with van der Waals surface area (Å²) in [6, 6.07) is 8.04. The Bertz CT molecular complexity index is 485. The lowest BCUT2D eigenvalue weighted by atomic mass is 10.0. The highest BCUT2D eigenvalue weighted by Crippen LogP contribution is 2.29. The molecule has 2 aromatic rings. The van der Waals surface area contributed by atoms with Crippen molar-refractivity contribution in [3.8, 4) is 5.75 Å². The summed E-state index contributed by atoms with van der Waals surface area (Å²) in [5, 5.41) is 3.26. The topological polar surface area (TPSA) is 47.0 Å². The fourth-order valence-electron chi connectivity index (χ4n) is 1.84. The summed E-state index contributed by atoms with van der Waals surface area (Å²) < 4.78 is 14.2. The molecule has 0 aliphatic rings. The van der Waals surface area contributed by atoms with Crippen molar-refractivity contribution in [3.63, 3.8) is 0 Å². The number of aromatic nitrogens is 2. The van der Waals surface area contributed by atoms with Crippen LogP contribution in [0, 0.1) is 0 Å². The normalized spacial score (nSPS) is 12.7. The summed E-state index contributed by atoms with van der Waals surface area (Å²) in [5.41, 5.74) is 2.00. The van der Waals surface area contributed by atoms with Crippen LogP contribution in [0.1, 0.15) is 31.1 Å². The van der Waals surface area contributed by atoms with Crippen LogP contribution >= 0.6 is 11.7 Å². The first-order valence-electron chi connectivity index (χ1n) is 5.92. The van der Waals surface area contributed by atoms with Gasteiger partial charge in [0.1, 0.15) is 5.75 Å². The molecule has 2 rings (SSSR count). The van der Waals surface area contributed by atoms with E-state index in [0.29, 0.717) is 0 Å². The number of nitrogens with one attached hydrogen (secondary N) is 1. The van der Waals surface area contributed by atoms with E-state index in [1.54, 1.807) is 6.20 Å². The molecule has 0 saturated carbocycles. The molecular formula is C13H17N3OS. The summed E-state index contributed by atoms with van der Waals surface area (Å²) in [4.78, 5) is 0. The second-order valence-electron chi connectivity index (χ2n) is 4.26. The van der Waals surface area contributed by atoms with Gasteiger partial charge in [0.2, 0.25) is 0 Å². The molecule has 1 unspecified atom stereocenters. The van der Waals surface area contributed by atoms with Crippen LogP contribution < -0.4 is 10.1 Å². The number of benzene rings is 1. The largest absolute Gasteiger partial charge is 0.491 e. The van der Waals surface area contributed by atoms with Crippen molar-refractivity contribution in [1.82, 2.24) is 14.1 Å². The Hall–Kier alpha value is -1.46. The molecular weight excluding hydrogens is 246 g/mol. The molecule has 1 heterocycles. The molecule has 0 aliphatic carbocycles. The third-order valence-corrected chi connectivity index (χ3v) is 3.05. The van der Waals surface area contributed by atoms with Crippen molar-refractivity contribution in [1.29, 1.82) is 0 Å². The second kappa shape index (κ2) is 5.93. The van der Waals surface area contributed by atoms with Gasteiger partial charge >= 0.3 is 0 Å². The lowest BCUT2D eigenvalue weighted by Gasteiger charge is -2.19. The van der Waals surface area contributed by atoms with Crippen molar-refractivity contribution < 1.29 is 4.74 Å². The van der Waals surface area contributed by atoms with Gasteiger partial charge in [-0.3, -0.25) is 0 Å². The second-order valence-corrected chi connectivity index (χ2v) is 4.82. The van der Waals surface area contributed by atoms with Gasteiger partial charge in [-0.05, 0) is 27.0 Å². The number of para-hydroxylation sites is 1. The predicted molar refractivity (Wildman–Crippen MR) is 73.0 cm³/mol. The smallest absolute Gasteiger partial charge is 0.124 e. The number of hydrogen-bond donors (Lipinski definition) is 1. The minimum atomic E-state index is 0.0127. The molecule has 18 heavy (non-hydrogen) atoms. The molecule has 0 fully saturated rings. The Labute approximate surface area is 111 Å². The minimum absolute atomic E-state index is 0.0127. The van der Waals surface area contributed by atoms with Crippen molar-refractivity contribution in [2.75, 3.05) is 7.05 Å². The monoisotopic (exact) mass is 263 g/mol. The molecule has 0 radical (unpaired) electrons. The zero-order valence-corrected chi connectivity index (χ0v) is 11.6. The van der Waals surface area contributed by atoms with Crippen molar-refractivity contribution >= 4 is 11.7 Å². The lowest BCUT2D eigenvalue weighted by molar-refractivity contribution is 0.238. The van der Waals surface area contributed by atoms with Crippen molar-refractivity contribution in [3.05, 3.63) is 41.7 Å². The third kappa shape index (κ3) is 2.86. The Balaban J connectivity index is 2.36. The maximum Gasteiger partial charge on any atom is 0.124 e. The van der Waals surface area contributed by atoms with Crippen LogP contribution in [0.3, 0.4) is 0 Å². The van der Waals surface area contributed by atoms with E-state index in [0.717, 1.165) is 17.0 Å². The Morgan fingerprint density at radius 2 is 2.06 bits per heavy atom. The SMILES string of the molecule is CNC(c1cnsn1)c1ccccc1OC(C)C. The summed E-state index contributed by atoms with van der Waals surface area (Å²) in [6.45, 7) is 4.05. The lowest BCUT2D eigenvalue weighted by Crippen LogP contribution is -2.19. The number of ether oxygens (including phenoxy) is 1. The molecule has 0 spiro atoms. The highest BCUT2D eigenvalue weighted by Gasteiger charge is 2.19. The molecule has 5 heteroatoms. The number of nitrogens with zero attached hydrogens (tertiary/aromatic N) is 2. The van der Waals surface area contributed by atoms with Crippen molar-refractivity contribution in [2.45, 2.75) is 26.0 Å². The Kier molecular flexibility index (Phi) is 4.28. The van der Waals surface area contributed by atoms with Gasteiger partial charge in [-0.15, -0.1) is 0 Å². The van der Waals surface area contributed by atoms with Gasteiger partial charge < -0.3 is 10.1 Å². The summed E-state index contributed by atoms with van der Waals surface area (Å²) in [5.74, 6) is 0.889. The Morgan fingerprint density at radius 1 is 1.28 bits per heavy atom. The van der Waals surface area contributed by atoms with E-state index in [1.165, 1.54) is 11.7 Å². The number of hydrogen-bond acceptors (Lipinski definition) is 5. The maximum atomic E-state index is 5.84. The number of rotatable bonds is 5. The van der Waals surface area contributed by atoms with Gasteiger partial charge in [0.05, 0.1) is 35.8 Å². The molecule has 0 amide bonds. The fraction of sp³-hybridized carbons (Fsp3) is 0.385. The summed E-state index contributed by atoms with van der Waals surface area (Å²) in [6.07, 6.45) is 1.94. The van der Waals surface area contributed by atoms with Gasteiger partial charge in [-0.2, -0.15) is 8.75 Å². The molecule has 0 aliphatic heterocycles. The summed E-state index contributed by atoms with van der Waals surface area (Å²) in [7, 11) is 1.91. The molecule has 1 atom stereocenters. The van der Waals surface area contributed by atoms with Gasteiger partial charge in [0.25, 0.3) is 0 Å². The molecule has 96 valence electrons. The van der Waals surface area contributed by atoms with Gasteiger partial charge in [0.15, 0.2) is 0 Å². The van der Waals surface area contributed by atoms with Crippen LogP contribution in [0.15, 0.2) is 30.5 Å². The molecule has 0 bridgehead atoms. The molecule has 1 aromatic heterocycles. The van der Waals surface area contributed by atoms with E-state index in [4.69, 9.17) is 4.74 Å². The highest BCUT2D eigenvalue weighted by molar-refractivity contribution is 6.99. The maximum absolute atomic E-state index is 5.84. The van der Waals surface area contributed by atoms with Crippen LogP contribution in [0.2, 0.25) is 0 Å². The van der Waals surface area contributed by atoms with Gasteiger partial charge in [-0.25, -0.2) is 0 Å².